The molecule has 2 saturated carbocycles. The molecule has 1 heteroatoms. The van der Waals surface area contributed by atoms with Gasteiger partial charge in [-0.3, -0.25) is 0 Å². The zero-order valence-corrected chi connectivity index (χ0v) is 13.4. The molecule has 1 heterocycles. The lowest BCUT2D eigenvalue weighted by molar-refractivity contribution is 0.118. The van der Waals surface area contributed by atoms with Gasteiger partial charge >= 0.3 is 0 Å². The highest BCUT2D eigenvalue weighted by Crippen LogP contribution is 2.42. The van der Waals surface area contributed by atoms with Crippen molar-refractivity contribution >= 4 is 0 Å². The van der Waals surface area contributed by atoms with E-state index in [1.165, 1.54) is 70.8 Å². The fraction of sp³-hybridized carbons (Fsp3) is 1.00. The highest BCUT2D eigenvalue weighted by atomic mass is 14.9. The van der Waals surface area contributed by atoms with Gasteiger partial charge in [-0.25, -0.2) is 0 Å². The average molecular weight is 277 g/mol. The quantitative estimate of drug-likeness (QED) is 0.735. The summed E-state index contributed by atoms with van der Waals surface area (Å²) in [6, 6.07) is 0.859. The Bertz CT molecular complexity index is 239. The summed E-state index contributed by atoms with van der Waals surface area (Å²) in [5.41, 5.74) is 0. The van der Waals surface area contributed by atoms with Crippen molar-refractivity contribution in [2.75, 3.05) is 6.54 Å². The van der Waals surface area contributed by atoms with Gasteiger partial charge in [0.25, 0.3) is 0 Å². The summed E-state index contributed by atoms with van der Waals surface area (Å²) in [6.07, 6.45) is 21.1. The minimum atomic E-state index is 0.859. The first-order valence-electron chi connectivity index (χ1n) is 9.67. The van der Waals surface area contributed by atoms with Gasteiger partial charge in [-0.15, -0.1) is 0 Å². The third-order valence-electron chi connectivity index (χ3n) is 6.48. The molecule has 116 valence electrons. The molecule has 0 aromatic rings. The Morgan fingerprint density at radius 3 is 1.70 bits per heavy atom. The highest BCUT2D eigenvalue weighted by molar-refractivity contribution is 4.86. The Balaban J connectivity index is 1.61. The Morgan fingerprint density at radius 2 is 1.20 bits per heavy atom. The lowest BCUT2D eigenvalue weighted by Gasteiger charge is -2.40. The van der Waals surface area contributed by atoms with Gasteiger partial charge in [0.1, 0.15) is 0 Å². The molecule has 20 heavy (non-hydrogen) atoms. The smallest absolute Gasteiger partial charge is 0.00699 e. The summed E-state index contributed by atoms with van der Waals surface area (Å²) < 4.78 is 0. The Hall–Kier alpha value is -0.0400. The first kappa shape index (κ1) is 14.9. The van der Waals surface area contributed by atoms with Crippen LogP contribution in [0.4, 0.5) is 0 Å². The van der Waals surface area contributed by atoms with Gasteiger partial charge in [-0.1, -0.05) is 70.6 Å². The Labute approximate surface area is 126 Å². The normalized spacial score (nSPS) is 30.8. The molecular weight excluding hydrogens is 242 g/mol. The van der Waals surface area contributed by atoms with E-state index in [4.69, 9.17) is 0 Å². The number of piperidine rings is 1. The van der Waals surface area contributed by atoms with Gasteiger partial charge in [-0.2, -0.15) is 0 Å². The average Bonchev–Trinajstić information content (AvgIpc) is 2.55. The van der Waals surface area contributed by atoms with Gasteiger partial charge in [-0.05, 0) is 43.6 Å². The molecule has 1 atom stereocenters. The van der Waals surface area contributed by atoms with Crippen LogP contribution in [0.25, 0.3) is 0 Å². The second-order valence-electron chi connectivity index (χ2n) is 7.84. The van der Waals surface area contributed by atoms with E-state index in [1.807, 2.05) is 0 Å². The molecule has 2 aliphatic carbocycles. The van der Waals surface area contributed by atoms with Crippen molar-refractivity contribution < 1.29 is 0 Å². The second kappa shape index (κ2) is 7.82. The van der Waals surface area contributed by atoms with Crippen LogP contribution in [0, 0.1) is 17.8 Å². The number of hydrogen-bond acceptors (Lipinski definition) is 1. The van der Waals surface area contributed by atoms with Crippen LogP contribution in [0.15, 0.2) is 0 Å². The lowest BCUT2D eigenvalue weighted by Crippen LogP contribution is -2.39. The van der Waals surface area contributed by atoms with E-state index in [0.29, 0.717) is 0 Å². The maximum Gasteiger partial charge on any atom is 0.00699 e. The fourth-order valence-corrected chi connectivity index (χ4v) is 5.35. The Kier molecular flexibility index (Phi) is 5.82. The molecule has 1 nitrogen and oxygen atoms in total. The molecule has 0 aromatic carbocycles. The van der Waals surface area contributed by atoms with Crippen LogP contribution in [-0.2, 0) is 0 Å². The van der Waals surface area contributed by atoms with E-state index in [1.54, 1.807) is 25.7 Å². The zero-order chi connectivity index (χ0) is 13.6. The topological polar surface area (TPSA) is 12.0 Å². The van der Waals surface area contributed by atoms with Crippen LogP contribution in [0.2, 0.25) is 0 Å². The van der Waals surface area contributed by atoms with E-state index < -0.39 is 0 Å². The third kappa shape index (κ3) is 4.00. The van der Waals surface area contributed by atoms with Gasteiger partial charge in [0.2, 0.25) is 0 Å². The molecule has 0 bridgehead atoms. The van der Waals surface area contributed by atoms with Crippen molar-refractivity contribution in [3.63, 3.8) is 0 Å². The van der Waals surface area contributed by atoms with Crippen molar-refractivity contribution in [1.82, 2.24) is 5.32 Å². The second-order valence-corrected chi connectivity index (χ2v) is 7.84. The van der Waals surface area contributed by atoms with E-state index >= 15 is 0 Å². The van der Waals surface area contributed by atoms with Gasteiger partial charge in [0.15, 0.2) is 0 Å². The Morgan fingerprint density at radius 1 is 0.650 bits per heavy atom. The SMILES string of the molecule is C1CCC(C(C[C@H]2CCCCN2)C2CCCCC2)CC1. The fourth-order valence-electron chi connectivity index (χ4n) is 5.35. The lowest BCUT2D eigenvalue weighted by atomic mass is 9.67. The van der Waals surface area contributed by atoms with Crippen LogP contribution >= 0.6 is 0 Å². The summed E-state index contributed by atoms with van der Waals surface area (Å²) in [4.78, 5) is 0. The van der Waals surface area contributed by atoms with Gasteiger partial charge in [0.05, 0.1) is 0 Å². The molecule has 0 aromatic heterocycles. The first-order valence-corrected chi connectivity index (χ1v) is 9.67. The molecule has 1 N–H and O–H groups in total. The molecule has 1 saturated heterocycles. The summed E-state index contributed by atoms with van der Waals surface area (Å²) in [5.74, 6) is 3.22. The van der Waals surface area contributed by atoms with Crippen LogP contribution in [0.3, 0.4) is 0 Å². The molecule has 3 rings (SSSR count). The molecule has 0 unspecified atom stereocenters. The number of rotatable bonds is 4. The predicted octanol–water partition coefficient (Wildman–Crippen LogP) is 5.30. The van der Waals surface area contributed by atoms with Crippen molar-refractivity contribution in [3.8, 4) is 0 Å². The maximum absolute atomic E-state index is 3.83. The maximum atomic E-state index is 3.83. The number of hydrogen-bond donors (Lipinski definition) is 1. The van der Waals surface area contributed by atoms with E-state index in [2.05, 4.69) is 5.32 Å². The van der Waals surface area contributed by atoms with E-state index in [0.717, 1.165) is 23.8 Å². The number of nitrogens with one attached hydrogen (secondary N) is 1. The monoisotopic (exact) mass is 277 g/mol. The molecule has 1 aliphatic heterocycles. The molecule has 3 fully saturated rings. The molecule has 3 aliphatic rings. The first-order chi connectivity index (χ1) is 9.93. The molecular formula is C19H35N. The van der Waals surface area contributed by atoms with Crippen molar-refractivity contribution in [2.45, 2.75) is 95.9 Å². The summed E-state index contributed by atoms with van der Waals surface area (Å²) in [5, 5.41) is 3.83. The van der Waals surface area contributed by atoms with Crippen LogP contribution in [0.1, 0.15) is 89.9 Å². The molecule has 0 spiro atoms. The third-order valence-corrected chi connectivity index (χ3v) is 6.48. The van der Waals surface area contributed by atoms with Crippen LogP contribution < -0.4 is 5.32 Å². The van der Waals surface area contributed by atoms with Crippen LogP contribution in [0.5, 0.6) is 0 Å². The van der Waals surface area contributed by atoms with Crippen molar-refractivity contribution in [1.29, 1.82) is 0 Å². The zero-order valence-electron chi connectivity index (χ0n) is 13.4. The minimum Gasteiger partial charge on any atom is -0.314 e. The van der Waals surface area contributed by atoms with Crippen molar-refractivity contribution in [2.24, 2.45) is 17.8 Å². The van der Waals surface area contributed by atoms with Gasteiger partial charge < -0.3 is 5.32 Å². The van der Waals surface area contributed by atoms with Gasteiger partial charge in [0, 0.05) is 6.04 Å². The highest BCUT2D eigenvalue weighted by Gasteiger charge is 2.33. The largest absolute Gasteiger partial charge is 0.314 e. The molecule has 0 amide bonds. The molecule has 0 radical (unpaired) electrons. The van der Waals surface area contributed by atoms with Crippen LogP contribution in [-0.4, -0.2) is 12.6 Å². The van der Waals surface area contributed by atoms with E-state index in [9.17, 15) is 0 Å². The standard InChI is InChI=1S/C19H35N/c1-3-9-16(10-4-1)19(17-11-5-2-6-12-17)15-18-13-7-8-14-20-18/h16-20H,1-15H2/t18-/m1/s1. The summed E-state index contributed by atoms with van der Waals surface area (Å²) in [7, 11) is 0. The summed E-state index contributed by atoms with van der Waals surface area (Å²) in [6.45, 7) is 1.28. The summed E-state index contributed by atoms with van der Waals surface area (Å²) >= 11 is 0. The van der Waals surface area contributed by atoms with Crippen molar-refractivity contribution in [3.05, 3.63) is 0 Å². The minimum absolute atomic E-state index is 0.859. The predicted molar refractivity (Wildman–Crippen MR) is 86.9 cm³/mol. The van der Waals surface area contributed by atoms with E-state index in [-0.39, 0.29) is 0 Å².